The van der Waals surface area contributed by atoms with Crippen LogP contribution in [0.1, 0.15) is 62.4 Å². The van der Waals surface area contributed by atoms with Gasteiger partial charge in [-0.25, -0.2) is 59.9 Å². The van der Waals surface area contributed by atoms with Gasteiger partial charge in [-0.3, -0.25) is 17.6 Å². The molecule has 14 heterocycles. The van der Waals surface area contributed by atoms with E-state index in [1.54, 1.807) is 21.8 Å². The van der Waals surface area contributed by atoms with E-state index in [1.807, 2.05) is 133 Å². The van der Waals surface area contributed by atoms with Crippen molar-refractivity contribution in [2.45, 2.75) is 88.3 Å². The van der Waals surface area contributed by atoms with Crippen molar-refractivity contribution in [3.8, 4) is 0 Å². The van der Waals surface area contributed by atoms with E-state index in [-0.39, 0.29) is 24.8 Å². The van der Waals surface area contributed by atoms with Crippen LogP contribution in [0, 0.1) is 0 Å². The van der Waals surface area contributed by atoms with Gasteiger partial charge in [-0.15, -0.1) is 0 Å². The minimum absolute atomic E-state index is 0.182. The number of ether oxygens (including phenoxy) is 6. The first-order valence-electron chi connectivity index (χ1n) is 27.8. The molecule has 4 saturated heterocycles. The Morgan fingerprint density at radius 3 is 1.28 bits per heavy atom. The summed E-state index contributed by atoms with van der Waals surface area (Å²) in [4.78, 5) is 59.9. The summed E-state index contributed by atoms with van der Waals surface area (Å²) in [6.45, 7) is 7.13. The predicted octanol–water partition coefficient (Wildman–Crippen LogP) is 5.08. The van der Waals surface area contributed by atoms with Crippen LogP contribution in [0.2, 0.25) is 0 Å². The number of aromatic nitrogens is 10. The second-order valence-electron chi connectivity index (χ2n) is 22.7. The molecule has 26 nitrogen and oxygen atoms in total. The molecule has 6 aromatic heterocycles. The number of aliphatic imine (C=N–C) groups is 4. The topological polar surface area (TPSA) is 297 Å². The van der Waals surface area contributed by atoms with E-state index in [0.29, 0.717) is 68.3 Å². The van der Waals surface area contributed by atoms with Crippen LogP contribution in [0.5, 0.6) is 0 Å². The minimum Gasteiger partial charge on any atom is -0.382 e. The van der Waals surface area contributed by atoms with E-state index in [1.165, 1.54) is 12.7 Å². The third-order valence-corrected chi connectivity index (χ3v) is 19.8. The maximum Gasteiger partial charge on any atom is 0.603 e. The zero-order valence-electron chi connectivity index (χ0n) is 45.7. The average Bonchev–Trinajstić information content (AvgIpc) is 2.08. The molecule has 85 heavy (non-hydrogen) atoms. The van der Waals surface area contributed by atoms with Gasteiger partial charge in [-0.05, 0) is 27.7 Å². The Morgan fingerprint density at radius 2 is 0.847 bits per heavy atom. The summed E-state index contributed by atoms with van der Waals surface area (Å²) in [6.07, 6.45) is -0.104. The van der Waals surface area contributed by atoms with Gasteiger partial charge in [0.1, 0.15) is 82.9 Å². The van der Waals surface area contributed by atoms with Gasteiger partial charge < -0.3 is 48.7 Å². The molecule has 0 spiro atoms. The highest BCUT2D eigenvalue weighted by Gasteiger charge is 2.62. The highest BCUT2D eigenvalue weighted by molar-refractivity contribution is 6.66. The van der Waals surface area contributed by atoms with Gasteiger partial charge in [-0.1, -0.05) is 97.1 Å². The first-order chi connectivity index (χ1) is 41.4. The molecule has 422 valence electrons. The monoisotopic (exact) mass is 1150 g/mol. The summed E-state index contributed by atoms with van der Waals surface area (Å²) in [5.74, 6) is 0.915. The fraction of sp³-hybridized carbons (Fsp3) is 0.276. The Hall–Kier alpha value is -9.16. The quantitative estimate of drug-likeness (QED) is 0.187. The molecular weight excluding hydrogens is 1100 g/mol. The Labute approximate surface area is 480 Å². The fourth-order valence-corrected chi connectivity index (χ4v) is 16.6. The van der Waals surface area contributed by atoms with Crippen LogP contribution >= 0.6 is 0 Å². The predicted molar refractivity (Wildman–Crippen MR) is 308 cm³/mol. The largest absolute Gasteiger partial charge is 0.603 e. The lowest BCUT2D eigenvalue weighted by Gasteiger charge is -2.35. The Morgan fingerprint density at radius 1 is 0.459 bits per heavy atom. The van der Waals surface area contributed by atoms with Crippen molar-refractivity contribution in [1.29, 1.82) is 0 Å². The van der Waals surface area contributed by atoms with E-state index in [2.05, 4.69) is 29.9 Å². The number of nitrogens with two attached hydrogens (primary N) is 2. The second-order valence-corrected chi connectivity index (χ2v) is 25.3. The SMILES string of the molecule is CC1(C)OC2C(CO[Si]3(OCC4OC(n5cnc6c(N)ncnc65)C5OC(C)(C)OC45)n4c5c6ccccc6c4N=C4N=C(N=c6c7ccccc7c(n63)=NC3=NC(=N5)c5ccccc53)c3ccccc34)OC(n3cnc4c(N)ncnc43)C2O1. The Bertz CT molecular complexity index is 4560. The number of hydrogen-bond donors (Lipinski definition) is 2. The Kier molecular flexibility index (Phi) is 10.1. The number of amidine groups is 4. The third-order valence-electron chi connectivity index (χ3n) is 16.8. The van der Waals surface area contributed by atoms with Crippen LogP contribution in [0.25, 0.3) is 43.9 Å². The number of imidazole rings is 2. The molecule has 4 N–H and O–H groups in total. The molecule has 0 amide bonds. The van der Waals surface area contributed by atoms with Crippen molar-refractivity contribution < 1.29 is 37.3 Å². The summed E-state index contributed by atoms with van der Waals surface area (Å²) >= 11 is 0. The molecule has 0 aliphatic carbocycles. The molecule has 8 aliphatic rings. The number of benzene rings is 4. The van der Waals surface area contributed by atoms with Crippen molar-refractivity contribution in [2.24, 2.45) is 30.0 Å². The third kappa shape index (κ3) is 7.08. The fourth-order valence-electron chi connectivity index (χ4n) is 13.3. The van der Waals surface area contributed by atoms with Crippen LogP contribution < -0.4 is 22.4 Å². The molecule has 8 unspecified atom stereocenters. The van der Waals surface area contributed by atoms with Gasteiger partial charge >= 0.3 is 8.88 Å². The lowest BCUT2D eigenvalue weighted by molar-refractivity contribution is -0.201. The molecular formula is C58H48N18O8Si. The van der Waals surface area contributed by atoms with Gasteiger partial charge in [0, 0.05) is 43.8 Å². The van der Waals surface area contributed by atoms with Gasteiger partial charge in [0.15, 0.2) is 70.3 Å². The van der Waals surface area contributed by atoms with Gasteiger partial charge in [0.2, 0.25) is 0 Å². The van der Waals surface area contributed by atoms with E-state index in [0.717, 1.165) is 43.8 Å². The maximum absolute atomic E-state index is 8.12. The van der Waals surface area contributed by atoms with Gasteiger partial charge in [0.25, 0.3) is 0 Å². The minimum atomic E-state index is -4.93. The molecule has 6 bridgehead atoms. The standard InChI is InChI=1S/C58H48N18O8Si/c1-57(2)81-39-35(79-55(41(39)83-57)73-25-65-37-43(59)61-23-63-53(37)73)21-77-85(78-22-36-40-42(84-58(3,4)82-40)56(80-36)74-26-66-38-44(60)62-24-64-54(38)74)75-49-31-17-9-10-18-32(31)51(75)71-47-29-15-7-8-16-30(29)48(68-47)72-52-34-20-12-11-19-33(34)50(76(52)85)70-46-28-14-6-5-13-27(28)45(67-46)69-49/h5-20,23-26,35-36,39-42,55-56H,21-22H2,1-4H3,(H2,59,61,63)(H2,60,62,64). The molecule has 18 rings (SSSR count). The van der Waals surface area contributed by atoms with E-state index < -0.39 is 69.5 Å². The van der Waals surface area contributed by atoms with Gasteiger partial charge in [-0.2, -0.15) is 0 Å². The number of hydrogen-bond acceptors (Lipinski definition) is 22. The molecule has 4 fully saturated rings. The van der Waals surface area contributed by atoms with Crippen LogP contribution in [-0.4, -0.2) is 141 Å². The average molecular weight is 1150 g/mol. The summed E-state index contributed by atoms with van der Waals surface area (Å²) in [7, 11) is -4.93. The first-order valence-corrected chi connectivity index (χ1v) is 29.5. The van der Waals surface area contributed by atoms with Crippen molar-refractivity contribution in [1.82, 2.24) is 47.5 Å². The number of nitrogens with zero attached hydrogens (tertiary/aromatic N) is 16. The number of fused-ring (bicyclic) bond motifs is 18. The molecule has 0 radical (unpaired) electrons. The highest BCUT2D eigenvalue weighted by Crippen LogP contribution is 2.49. The second kappa shape index (κ2) is 17.5. The van der Waals surface area contributed by atoms with E-state index in [9.17, 15) is 0 Å². The van der Waals surface area contributed by atoms with Crippen molar-refractivity contribution >= 4 is 99.4 Å². The molecule has 10 aromatic rings. The van der Waals surface area contributed by atoms with Crippen LogP contribution in [0.3, 0.4) is 0 Å². The molecule has 8 atom stereocenters. The lowest BCUT2D eigenvalue weighted by atomic mass is 10.1. The van der Waals surface area contributed by atoms with E-state index >= 15 is 0 Å². The number of nitrogen functional groups attached to an aromatic ring is 2. The molecule has 8 aliphatic heterocycles. The highest BCUT2D eigenvalue weighted by atomic mass is 28.4. The van der Waals surface area contributed by atoms with Crippen molar-refractivity contribution in [2.75, 3.05) is 24.7 Å². The number of anilines is 2. The molecule has 4 aromatic carbocycles. The summed E-state index contributed by atoms with van der Waals surface area (Å²) in [5, 5.41) is 2.90. The molecule has 0 saturated carbocycles. The van der Waals surface area contributed by atoms with E-state index in [4.69, 9.17) is 78.7 Å². The zero-order valence-corrected chi connectivity index (χ0v) is 46.7. The first kappa shape index (κ1) is 49.3. The van der Waals surface area contributed by atoms with Crippen molar-refractivity contribution in [3.05, 3.63) is 156 Å². The summed E-state index contributed by atoms with van der Waals surface area (Å²) in [6, 6.07) is 31.8. The normalized spacial score (nSPS) is 27.1. The van der Waals surface area contributed by atoms with Crippen LogP contribution in [0.15, 0.2) is 152 Å². The zero-order chi connectivity index (χ0) is 56.8. The summed E-state index contributed by atoms with van der Waals surface area (Å²) < 4.78 is 65.4. The Balaban J connectivity index is 0.913. The molecule has 27 heteroatoms. The maximum atomic E-state index is 8.12. The van der Waals surface area contributed by atoms with Crippen LogP contribution in [-0.2, 0) is 37.3 Å². The smallest absolute Gasteiger partial charge is 0.382 e. The summed E-state index contributed by atoms with van der Waals surface area (Å²) in [5.41, 5.74) is 18.4. The van der Waals surface area contributed by atoms with Crippen molar-refractivity contribution in [3.63, 3.8) is 0 Å². The lowest BCUT2D eigenvalue weighted by Crippen LogP contribution is -2.65. The van der Waals surface area contributed by atoms with Gasteiger partial charge in [0.05, 0.1) is 25.9 Å². The number of rotatable bonds is 8. The van der Waals surface area contributed by atoms with Crippen LogP contribution in [0.4, 0.5) is 23.3 Å².